The minimum absolute atomic E-state index is 0.0140. The van der Waals surface area contributed by atoms with E-state index in [0.29, 0.717) is 5.56 Å². The number of carbonyl (C=O) groups excluding carboxylic acids is 1. The molecule has 2 unspecified atom stereocenters. The molecule has 1 fully saturated rings. The van der Waals surface area contributed by atoms with E-state index in [9.17, 15) is 17.6 Å². The normalized spacial score (nSPS) is 17.8. The van der Waals surface area contributed by atoms with Crippen LogP contribution in [0.3, 0.4) is 0 Å². The molecule has 0 spiro atoms. The summed E-state index contributed by atoms with van der Waals surface area (Å²) in [5.41, 5.74) is 1.60. The minimum atomic E-state index is -2.45. The highest BCUT2D eigenvalue weighted by molar-refractivity contribution is 8.42. The van der Waals surface area contributed by atoms with Crippen molar-refractivity contribution < 1.29 is 31.1 Å². The van der Waals surface area contributed by atoms with E-state index in [4.69, 9.17) is 4.74 Å². The largest absolute Gasteiger partial charge is 0.418 e. The van der Waals surface area contributed by atoms with E-state index in [-0.39, 0.29) is 29.7 Å². The summed E-state index contributed by atoms with van der Waals surface area (Å²) < 4.78 is 72.8. The van der Waals surface area contributed by atoms with Gasteiger partial charge in [0, 0.05) is 50.3 Å². The Balaban J connectivity index is 1.61. The van der Waals surface area contributed by atoms with Gasteiger partial charge in [0.15, 0.2) is 11.6 Å². The zero-order chi connectivity index (χ0) is 28.5. The monoisotopic (exact) mass is 582 g/mol. The summed E-state index contributed by atoms with van der Waals surface area (Å²) in [6.07, 6.45) is -0.158. The second-order valence-corrected chi connectivity index (χ2v) is 13.7. The Morgan fingerprint density at radius 2 is 1.92 bits per heavy atom. The van der Waals surface area contributed by atoms with Gasteiger partial charge in [-0.3, -0.25) is 10.2 Å². The molecule has 2 atom stereocenters. The third-order valence-corrected chi connectivity index (χ3v) is 9.10. The molecule has 0 bridgehead atoms. The number of ether oxygens (including phenoxy) is 1. The number of likely N-dealkylation sites (tertiary alicyclic amines) is 1. The zero-order valence-electron chi connectivity index (χ0n) is 21.8. The third-order valence-electron chi connectivity index (χ3n) is 6.53. The van der Waals surface area contributed by atoms with E-state index in [0.717, 1.165) is 36.7 Å². The number of benzene rings is 2. The van der Waals surface area contributed by atoms with Crippen LogP contribution in [0, 0.1) is 17.5 Å². The molecule has 2 heterocycles. The molecule has 4 rings (SSSR count). The molecule has 1 saturated heterocycles. The van der Waals surface area contributed by atoms with Gasteiger partial charge >= 0.3 is 6.09 Å². The second-order valence-electron chi connectivity index (χ2n) is 10.2. The fourth-order valence-corrected chi connectivity index (χ4v) is 6.08. The van der Waals surface area contributed by atoms with Gasteiger partial charge in [0.1, 0.15) is 11.6 Å². The van der Waals surface area contributed by atoms with Crippen LogP contribution < -0.4 is 15.4 Å². The van der Waals surface area contributed by atoms with Crippen LogP contribution in [0.1, 0.15) is 56.8 Å². The average Bonchev–Trinajstić information content (AvgIpc) is 3.27. The lowest BCUT2D eigenvalue weighted by molar-refractivity contribution is 0.128. The minimum Gasteiger partial charge on any atom is -0.404 e. The van der Waals surface area contributed by atoms with Crippen molar-refractivity contribution in [2.45, 2.75) is 52.1 Å². The molecule has 13 heteroatoms. The Morgan fingerprint density at radius 3 is 2.51 bits per heavy atom. The number of hydrogen-bond acceptors (Lipinski definition) is 7. The summed E-state index contributed by atoms with van der Waals surface area (Å²) in [5.74, 6) is -3.70. The zero-order valence-corrected chi connectivity index (χ0v) is 23.5. The number of amides is 1. The first-order valence-electron chi connectivity index (χ1n) is 12.2. The fourth-order valence-electron chi connectivity index (χ4n) is 4.47. The smallest absolute Gasteiger partial charge is 0.404 e. The summed E-state index contributed by atoms with van der Waals surface area (Å²) in [5, 5.41) is 6.34. The van der Waals surface area contributed by atoms with Crippen LogP contribution in [0.15, 0.2) is 40.5 Å². The van der Waals surface area contributed by atoms with Gasteiger partial charge in [-0.15, -0.1) is 0 Å². The molecule has 8 nitrogen and oxygen atoms in total. The number of hydrogen-bond donors (Lipinski definition) is 2. The van der Waals surface area contributed by atoms with Gasteiger partial charge in [0.2, 0.25) is 15.0 Å². The van der Waals surface area contributed by atoms with Crippen LogP contribution in [0.4, 0.5) is 23.7 Å². The first kappa shape index (κ1) is 28.8. The first-order chi connectivity index (χ1) is 18.4. The van der Waals surface area contributed by atoms with Crippen molar-refractivity contribution in [3.63, 3.8) is 0 Å². The topological polar surface area (TPSA) is 100 Å². The number of anilines is 1. The molecular formula is C26H29F3N4O4S2. The molecule has 2 N–H and O–H groups in total. The van der Waals surface area contributed by atoms with Gasteiger partial charge in [-0.25, -0.2) is 23.0 Å². The quantitative estimate of drug-likeness (QED) is 0.470. The van der Waals surface area contributed by atoms with Gasteiger partial charge in [-0.1, -0.05) is 32.9 Å². The predicted octanol–water partition coefficient (Wildman–Crippen LogP) is 5.12. The highest BCUT2D eigenvalue weighted by Crippen LogP contribution is 2.39. The van der Waals surface area contributed by atoms with Gasteiger partial charge in [-0.2, -0.15) is 8.42 Å². The van der Waals surface area contributed by atoms with Gasteiger partial charge < -0.3 is 10.1 Å². The number of nitrogens with zero attached hydrogens (tertiary/aromatic N) is 2. The fraction of sp³-hybridized carbons (Fsp3) is 0.385. The Kier molecular flexibility index (Phi) is 8.52. The number of nitrogens with one attached hydrogen (secondary N) is 2. The number of halogens is 3. The maximum absolute atomic E-state index is 15.7. The van der Waals surface area contributed by atoms with E-state index in [1.54, 1.807) is 26.8 Å². The predicted molar refractivity (Wildman–Crippen MR) is 145 cm³/mol. The van der Waals surface area contributed by atoms with E-state index in [2.05, 4.69) is 20.5 Å². The van der Waals surface area contributed by atoms with E-state index in [1.807, 2.05) is 13.0 Å². The SMILES string of the molecule is CC(c1cccc(F)c1CNc1cc(F)c(OC(=O)NC2=CS(=S(=O)=O)C=N2)c(F)c1C(C)(C)C)N1CCC1. The van der Waals surface area contributed by atoms with Crippen LogP contribution in [0.25, 0.3) is 0 Å². The van der Waals surface area contributed by atoms with Crippen molar-refractivity contribution >= 4 is 36.0 Å². The van der Waals surface area contributed by atoms with Crippen molar-refractivity contribution in [2.75, 3.05) is 18.4 Å². The van der Waals surface area contributed by atoms with Gasteiger partial charge in [-0.05, 0) is 43.5 Å². The molecule has 2 aliphatic rings. The summed E-state index contributed by atoms with van der Waals surface area (Å²) >= 11 is 0. The highest BCUT2D eigenvalue weighted by Gasteiger charge is 2.30. The molecule has 1 amide bonds. The summed E-state index contributed by atoms with van der Waals surface area (Å²) in [7, 11) is -3.77. The number of rotatable bonds is 7. The van der Waals surface area contributed by atoms with Crippen molar-refractivity contribution in [3.05, 3.63) is 69.6 Å². The highest BCUT2D eigenvalue weighted by atomic mass is 32.9. The van der Waals surface area contributed by atoms with Gasteiger partial charge in [0.25, 0.3) is 0 Å². The lowest BCUT2D eigenvalue weighted by atomic mass is 9.84. The van der Waals surface area contributed by atoms with Crippen molar-refractivity contribution in [2.24, 2.45) is 4.99 Å². The summed E-state index contributed by atoms with van der Waals surface area (Å²) in [6.45, 7) is 8.96. The molecule has 0 aliphatic carbocycles. The molecule has 39 heavy (non-hydrogen) atoms. The molecule has 210 valence electrons. The first-order valence-corrected chi connectivity index (χ1v) is 15.1. The maximum Gasteiger partial charge on any atom is 0.418 e. The van der Waals surface area contributed by atoms with E-state index >= 15 is 8.78 Å². The molecule has 2 aromatic carbocycles. The maximum atomic E-state index is 15.7. The number of aliphatic imine (C=N–C) groups is 1. The van der Waals surface area contributed by atoms with Crippen LogP contribution >= 0.6 is 0 Å². The molecule has 0 aromatic heterocycles. The molecule has 0 radical (unpaired) electrons. The second kappa shape index (κ2) is 11.5. The Bertz CT molecular complexity index is 1510. The van der Waals surface area contributed by atoms with Crippen molar-refractivity contribution in [1.29, 1.82) is 0 Å². The van der Waals surface area contributed by atoms with Crippen LogP contribution in [-0.2, 0) is 30.7 Å². The molecule has 0 saturated carbocycles. The van der Waals surface area contributed by atoms with Crippen LogP contribution in [-0.4, -0.2) is 38.0 Å². The van der Waals surface area contributed by atoms with Crippen molar-refractivity contribution in [1.82, 2.24) is 10.2 Å². The summed E-state index contributed by atoms with van der Waals surface area (Å²) in [4.78, 5) is 18.3. The molecule has 2 aromatic rings. The Morgan fingerprint density at radius 1 is 1.21 bits per heavy atom. The average molecular weight is 583 g/mol. The lowest BCUT2D eigenvalue weighted by Gasteiger charge is -2.37. The Labute approximate surface area is 228 Å². The van der Waals surface area contributed by atoms with Crippen molar-refractivity contribution in [3.8, 4) is 5.75 Å². The standard InChI is InChI=1S/C26H29F3N4O4S2/c1-15(33-9-6-10-33)16-7-5-8-18(27)17(16)12-30-20-11-19(28)24(23(29)22(20)26(2,3)4)37-25(34)32-21-13-38(14-31-21)39(35)36/h5,7-8,11,13-15,30H,6,9-10,12H2,1-4H3,(H,32,34). The molecular weight excluding hydrogens is 553 g/mol. The molecule has 2 aliphatic heterocycles. The number of carbonyl (C=O) groups is 1. The van der Waals surface area contributed by atoms with E-state index in [1.165, 1.54) is 11.5 Å². The third kappa shape index (κ3) is 6.36. The lowest BCUT2D eigenvalue weighted by Crippen LogP contribution is -2.39. The van der Waals surface area contributed by atoms with Crippen LogP contribution in [0.2, 0.25) is 0 Å². The van der Waals surface area contributed by atoms with Gasteiger partial charge in [0.05, 0.1) is 5.55 Å². The Hall–Kier alpha value is -3.16. The summed E-state index contributed by atoms with van der Waals surface area (Å²) in [6, 6.07) is 5.85. The van der Waals surface area contributed by atoms with Crippen LogP contribution in [0.5, 0.6) is 5.75 Å². The van der Waals surface area contributed by atoms with E-state index < -0.39 is 53.4 Å².